The molecule has 3 nitrogen and oxygen atoms in total. The van der Waals surface area contributed by atoms with Gasteiger partial charge in [0.2, 0.25) is 0 Å². The van der Waals surface area contributed by atoms with E-state index in [1.165, 1.54) is 11.3 Å². The van der Waals surface area contributed by atoms with Gasteiger partial charge < -0.3 is 10.4 Å². The van der Waals surface area contributed by atoms with Crippen LogP contribution in [0.15, 0.2) is 16.8 Å². The Morgan fingerprint density at radius 1 is 1.64 bits per heavy atom. The SMILES string of the molecule is O=C(O)C(F)(F)CNCc1ccsc1. The average Bonchev–Trinajstić information content (AvgIpc) is 2.56. The fraction of sp³-hybridized carbons (Fsp3) is 0.375. The first-order valence-corrected chi connectivity index (χ1v) is 4.79. The number of halogens is 2. The van der Waals surface area contributed by atoms with E-state index < -0.39 is 18.4 Å². The second kappa shape index (κ2) is 4.47. The van der Waals surface area contributed by atoms with Gasteiger partial charge in [0.15, 0.2) is 0 Å². The Morgan fingerprint density at radius 3 is 2.86 bits per heavy atom. The van der Waals surface area contributed by atoms with Gasteiger partial charge in [-0.15, -0.1) is 0 Å². The van der Waals surface area contributed by atoms with E-state index in [0.29, 0.717) is 0 Å². The van der Waals surface area contributed by atoms with Crippen LogP contribution in [-0.4, -0.2) is 23.5 Å². The van der Waals surface area contributed by atoms with Crippen LogP contribution in [0.4, 0.5) is 8.78 Å². The van der Waals surface area contributed by atoms with Gasteiger partial charge in [-0.2, -0.15) is 20.1 Å². The highest BCUT2D eigenvalue weighted by molar-refractivity contribution is 7.07. The lowest BCUT2D eigenvalue weighted by atomic mass is 10.3. The van der Waals surface area contributed by atoms with Crippen molar-refractivity contribution < 1.29 is 18.7 Å². The molecular weight excluding hydrogens is 212 g/mol. The summed E-state index contributed by atoms with van der Waals surface area (Å²) >= 11 is 1.46. The first-order chi connectivity index (χ1) is 6.52. The van der Waals surface area contributed by atoms with Crippen LogP contribution >= 0.6 is 11.3 Å². The van der Waals surface area contributed by atoms with E-state index in [-0.39, 0.29) is 6.54 Å². The van der Waals surface area contributed by atoms with Crippen LogP contribution in [0.5, 0.6) is 0 Å². The van der Waals surface area contributed by atoms with Gasteiger partial charge in [-0.05, 0) is 22.4 Å². The monoisotopic (exact) mass is 221 g/mol. The maximum absolute atomic E-state index is 12.5. The van der Waals surface area contributed by atoms with Crippen LogP contribution in [0.1, 0.15) is 5.56 Å². The Labute approximate surface area is 83.4 Å². The summed E-state index contributed by atoms with van der Waals surface area (Å²) in [5, 5.41) is 14.1. The molecule has 0 unspecified atom stereocenters. The van der Waals surface area contributed by atoms with E-state index in [1.54, 1.807) is 6.07 Å². The molecule has 1 rings (SSSR count). The Kier molecular flexibility index (Phi) is 3.54. The van der Waals surface area contributed by atoms with Crippen molar-refractivity contribution in [1.29, 1.82) is 0 Å². The number of hydrogen-bond donors (Lipinski definition) is 2. The molecule has 0 aliphatic heterocycles. The van der Waals surface area contributed by atoms with Crippen molar-refractivity contribution in [2.45, 2.75) is 12.5 Å². The number of nitrogens with one attached hydrogen (secondary N) is 1. The first-order valence-electron chi connectivity index (χ1n) is 3.85. The van der Waals surface area contributed by atoms with Crippen LogP contribution in [0.3, 0.4) is 0 Å². The Hall–Kier alpha value is -1.01. The van der Waals surface area contributed by atoms with Crippen molar-refractivity contribution in [1.82, 2.24) is 5.32 Å². The predicted molar refractivity (Wildman–Crippen MR) is 48.6 cm³/mol. The highest BCUT2D eigenvalue weighted by Crippen LogP contribution is 2.12. The number of alkyl halides is 2. The molecule has 0 spiro atoms. The minimum Gasteiger partial charge on any atom is -0.477 e. The molecule has 78 valence electrons. The molecule has 0 amide bonds. The second-order valence-electron chi connectivity index (χ2n) is 2.74. The zero-order valence-electron chi connectivity index (χ0n) is 7.17. The van der Waals surface area contributed by atoms with Gasteiger partial charge in [0.25, 0.3) is 0 Å². The molecule has 0 aliphatic carbocycles. The summed E-state index contributed by atoms with van der Waals surface area (Å²) in [4.78, 5) is 10.0. The molecule has 1 aromatic heterocycles. The first kappa shape index (κ1) is 11.1. The number of carbonyl (C=O) groups is 1. The summed E-state index contributed by atoms with van der Waals surface area (Å²) in [7, 11) is 0. The van der Waals surface area contributed by atoms with Gasteiger partial charge in [0, 0.05) is 6.54 Å². The lowest BCUT2D eigenvalue weighted by Crippen LogP contribution is -2.39. The molecule has 6 heteroatoms. The summed E-state index contributed by atoms with van der Waals surface area (Å²) in [5.74, 6) is -5.80. The fourth-order valence-corrected chi connectivity index (χ4v) is 1.50. The minimum atomic E-state index is -3.70. The maximum Gasteiger partial charge on any atom is 0.375 e. The molecule has 0 saturated heterocycles. The van der Waals surface area contributed by atoms with Crippen LogP contribution in [0.25, 0.3) is 0 Å². The van der Waals surface area contributed by atoms with Crippen LogP contribution in [-0.2, 0) is 11.3 Å². The number of carboxylic acid groups (broad SMARTS) is 1. The Bertz CT molecular complexity index is 300. The molecule has 1 aromatic rings. The number of aliphatic carboxylic acids is 1. The molecule has 0 bridgehead atoms. The normalized spacial score (nSPS) is 11.6. The van der Waals surface area contributed by atoms with Gasteiger partial charge in [-0.3, -0.25) is 0 Å². The summed E-state index contributed by atoms with van der Waals surface area (Å²) in [6, 6.07) is 1.79. The zero-order chi connectivity index (χ0) is 10.6. The van der Waals surface area contributed by atoms with E-state index in [2.05, 4.69) is 5.32 Å². The van der Waals surface area contributed by atoms with Crippen molar-refractivity contribution in [3.63, 3.8) is 0 Å². The quantitative estimate of drug-likeness (QED) is 0.793. The molecule has 0 saturated carbocycles. The Morgan fingerprint density at radius 2 is 2.36 bits per heavy atom. The van der Waals surface area contributed by atoms with E-state index in [4.69, 9.17) is 5.11 Å². The number of thiophene rings is 1. The molecule has 0 fully saturated rings. The van der Waals surface area contributed by atoms with E-state index in [0.717, 1.165) is 5.56 Å². The average molecular weight is 221 g/mol. The predicted octanol–water partition coefficient (Wildman–Crippen LogP) is 1.56. The maximum atomic E-state index is 12.5. The lowest BCUT2D eigenvalue weighted by molar-refractivity contribution is -0.164. The van der Waals surface area contributed by atoms with Gasteiger partial charge >= 0.3 is 11.9 Å². The lowest BCUT2D eigenvalue weighted by Gasteiger charge is -2.11. The van der Waals surface area contributed by atoms with Crippen LogP contribution in [0, 0.1) is 0 Å². The molecule has 0 radical (unpaired) electrons. The largest absolute Gasteiger partial charge is 0.477 e. The van der Waals surface area contributed by atoms with E-state index >= 15 is 0 Å². The van der Waals surface area contributed by atoms with Crippen molar-refractivity contribution in [2.24, 2.45) is 0 Å². The summed E-state index contributed by atoms with van der Waals surface area (Å²) in [6.07, 6.45) is 0. The van der Waals surface area contributed by atoms with Gasteiger partial charge in [-0.25, -0.2) is 4.79 Å². The molecule has 0 aromatic carbocycles. The molecule has 1 heterocycles. The molecule has 14 heavy (non-hydrogen) atoms. The number of carboxylic acids is 1. The van der Waals surface area contributed by atoms with E-state index in [1.807, 2.05) is 10.8 Å². The highest BCUT2D eigenvalue weighted by atomic mass is 32.1. The molecule has 0 aliphatic rings. The zero-order valence-corrected chi connectivity index (χ0v) is 7.98. The number of rotatable bonds is 5. The molecule has 0 atom stereocenters. The third-order valence-electron chi connectivity index (χ3n) is 1.57. The van der Waals surface area contributed by atoms with Crippen LogP contribution in [0.2, 0.25) is 0 Å². The van der Waals surface area contributed by atoms with Gasteiger partial charge in [0.05, 0.1) is 6.54 Å². The summed E-state index contributed by atoms with van der Waals surface area (Å²) in [5.41, 5.74) is 0.871. The van der Waals surface area contributed by atoms with Gasteiger partial charge in [-0.1, -0.05) is 0 Å². The third-order valence-corrected chi connectivity index (χ3v) is 2.30. The van der Waals surface area contributed by atoms with E-state index in [9.17, 15) is 13.6 Å². The van der Waals surface area contributed by atoms with Crippen molar-refractivity contribution in [3.05, 3.63) is 22.4 Å². The van der Waals surface area contributed by atoms with Crippen molar-refractivity contribution in [3.8, 4) is 0 Å². The topological polar surface area (TPSA) is 49.3 Å². The molecular formula is C8H9F2NO2S. The highest BCUT2D eigenvalue weighted by Gasteiger charge is 2.37. The van der Waals surface area contributed by atoms with Crippen LogP contribution < -0.4 is 5.32 Å². The summed E-state index contributed by atoms with van der Waals surface area (Å²) < 4.78 is 25.0. The Balaban J connectivity index is 2.31. The van der Waals surface area contributed by atoms with Crippen molar-refractivity contribution >= 4 is 17.3 Å². The summed E-state index contributed by atoms with van der Waals surface area (Å²) in [6.45, 7) is -0.593. The fourth-order valence-electron chi connectivity index (χ4n) is 0.833. The standard InChI is InChI=1S/C8H9F2NO2S/c9-8(10,7(12)13)5-11-3-6-1-2-14-4-6/h1-2,4,11H,3,5H2,(H,12,13). The third kappa shape index (κ3) is 3.04. The number of hydrogen-bond acceptors (Lipinski definition) is 3. The van der Waals surface area contributed by atoms with Gasteiger partial charge in [0.1, 0.15) is 0 Å². The smallest absolute Gasteiger partial charge is 0.375 e. The molecule has 2 N–H and O–H groups in total. The minimum absolute atomic E-state index is 0.256. The van der Waals surface area contributed by atoms with Crippen molar-refractivity contribution in [2.75, 3.05) is 6.54 Å². The second-order valence-corrected chi connectivity index (χ2v) is 3.52.